The van der Waals surface area contributed by atoms with Crippen LogP contribution in [0, 0.1) is 0 Å². The van der Waals surface area contributed by atoms with E-state index in [0.29, 0.717) is 5.92 Å². The Morgan fingerprint density at radius 3 is 1.48 bits per heavy atom. The molecule has 1 unspecified atom stereocenters. The van der Waals surface area contributed by atoms with Crippen molar-refractivity contribution in [2.45, 2.75) is 52.0 Å². The van der Waals surface area contributed by atoms with Gasteiger partial charge in [-0.15, -0.1) is 0 Å². The molecule has 0 heterocycles. The van der Waals surface area contributed by atoms with E-state index in [1.807, 2.05) is 0 Å². The van der Waals surface area contributed by atoms with Crippen molar-refractivity contribution < 1.29 is 0 Å². The normalized spacial score (nSPS) is 13.5. The Morgan fingerprint density at radius 1 is 0.714 bits per heavy atom. The molecule has 0 spiro atoms. The van der Waals surface area contributed by atoms with Crippen LogP contribution in [-0.4, -0.2) is 0 Å². The van der Waals surface area contributed by atoms with E-state index in [0.717, 1.165) is 0 Å². The first-order valence-electron chi connectivity index (χ1n) is 7.75. The first-order chi connectivity index (χ1) is 9.79. The van der Waals surface area contributed by atoms with Crippen LogP contribution in [0.25, 0.3) is 0 Å². The standard InChI is InChI=1S/C20H27N/c1-14(2)15-6-8-16(9-7-15)19(21)17-10-12-18(13-11-17)20(3,4)5/h6-14,19H,21H2,1-5H3. The fraction of sp³-hybridized carbons (Fsp3) is 0.400. The Morgan fingerprint density at radius 2 is 1.10 bits per heavy atom. The van der Waals surface area contributed by atoms with Crippen LogP contribution in [0.15, 0.2) is 48.5 Å². The van der Waals surface area contributed by atoms with Gasteiger partial charge in [-0.1, -0.05) is 83.1 Å². The van der Waals surface area contributed by atoms with Crippen LogP contribution in [0.5, 0.6) is 0 Å². The smallest absolute Gasteiger partial charge is 0.0551 e. The van der Waals surface area contributed by atoms with Gasteiger partial charge in [-0.3, -0.25) is 0 Å². The second-order valence-electron chi connectivity index (χ2n) is 7.17. The van der Waals surface area contributed by atoms with Gasteiger partial charge in [0, 0.05) is 0 Å². The van der Waals surface area contributed by atoms with E-state index in [1.54, 1.807) is 0 Å². The van der Waals surface area contributed by atoms with E-state index in [2.05, 4.69) is 83.1 Å². The van der Waals surface area contributed by atoms with Crippen molar-refractivity contribution in [2.75, 3.05) is 0 Å². The number of hydrogen-bond donors (Lipinski definition) is 1. The SMILES string of the molecule is CC(C)c1ccc(C(N)c2ccc(C(C)(C)C)cc2)cc1. The zero-order valence-corrected chi connectivity index (χ0v) is 13.9. The molecule has 0 aromatic heterocycles. The first kappa shape index (κ1) is 15.8. The third-order valence-electron chi connectivity index (χ3n) is 4.10. The molecule has 0 bridgehead atoms. The molecule has 0 saturated carbocycles. The summed E-state index contributed by atoms with van der Waals surface area (Å²) >= 11 is 0. The molecule has 1 heteroatoms. The molecule has 21 heavy (non-hydrogen) atoms. The van der Waals surface area contributed by atoms with Gasteiger partial charge in [0.2, 0.25) is 0 Å². The first-order valence-corrected chi connectivity index (χ1v) is 7.75. The summed E-state index contributed by atoms with van der Waals surface area (Å²) in [4.78, 5) is 0. The summed E-state index contributed by atoms with van der Waals surface area (Å²) in [6, 6.07) is 17.3. The number of rotatable bonds is 3. The lowest BCUT2D eigenvalue weighted by atomic mass is 9.86. The molecule has 0 aliphatic carbocycles. The van der Waals surface area contributed by atoms with Crippen LogP contribution < -0.4 is 5.73 Å². The van der Waals surface area contributed by atoms with Crippen molar-refractivity contribution in [3.05, 3.63) is 70.8 Å². The summed E-state index contributed by atoms with van der Waals surface area (Å²) in [7, 11) is 0. The van der Waals surface area contributed by atoms with Crippen LogP contribution in [0.2, 0.25) is 0 Å². The van der Waals surface area contributed by atoms with Crippen molar-refractivity contribution in [2.24, 2.45) is 5.73 Å². The Hall–Kier alpha value is -1.60. The van der Waals surface area contributed by atoms with Gasteiger partial charge in [-0.05, 0) is 33.6 Å². The maximum absolute atomic E-state index is 6.40. The summed E-state index contributed by atoms with van der Waals surface area (Å²) < 4.78 is 0. The molecule has 1 atom stereocenters. The summed E-state index contributed by atoms with van der Waals surface area (Å²) in [5, 5.41) is 0. The van der Waals surface area contributed by atoms with Crippen molar-refractivity contribution in [1.29, 1.82) is 0 Å². The topological polar surface area (TPSA) is 26.0 Å². The molecule has 2 N–H and O–H groups in total. The van der Waals surface area contributed by atoms with Crippen LogP contribution >= 0.6 is 0 Å². The molecular formula is C20H27N. The molecule has 0 amide bonds. The molecule has 1 nitrogen and oxygen atoms in total. The van der Waals surface area contributed by atoms with Gasteiger partial charge >= 0.3 is 0 Å². The lowest BCUT2D eigenvalue weighted by molar-refractivity contribution is 0.589. The largest absolute Gasteiger partial charge is 0.320 e. The molecule has 2 aromatic carbocycles. The minimum absolute atomic E-state index is 0.0553. The van der Waals surface area contributed by atoms with E-state index >= 15 is 0 Å². The zero-order chi connectivity index (χ0) is 15.6. The van der Waals surface area contributed by atoms with Crippen molar-refractivity contribution >= 4 is 0 Å². The van der Waals surface area contributed by atoms with E-state index in [9.17, 15) is 0 Å². The molecule has 0 saturated heterocycles. The highest BCUT2D eigenvalue weighted by Gasteiger charge is 2.15. The van der Waals surface area contributed by atoms with E-state index < -0.39 is 0 Å². The quantitative estimate of drug-likeness (QED) is 0.826. The molecule has 0 aliphatic rings. The highest BCUT2D eigenvalue weighted by atomic mass is 14.6. The highest BCUT2D eigenvalue weighted by Crippen LogP contribution is 2.26. The Labute approximate surface area is 129 Å². The summed E-state index contributed by atoms with van der Waals surface area (Å²) in [5.41, 5.74) is 11.6. The molecule has 112 valence electrons. The van der Waals surface area contributed by atoms with Crippen molar-refractivity contribution in [3.8, 4) is 0 Å². The van der Waals surface area contributed by atoms with Gasteiger partial charge in [0.25, 0.3) is 0 Å². The molecular weight excluding hydrogens is 254 g/mol. The van der Waals surface area contributed by atoms with Gasteiger partial charge in [0.15, 0.2) is 0 Å². The monoisotopic (exact) mass is 281 g/mol. The third kappa shape index (κ3) is 3.74. The van der Waals surface area contributed by atoms with Crippen molar-refractivity contribution in [1.82, 2.24) is 0 Å². The minimum atomic E-state index is -0.0553. The Balaban J connectivity index is 2.21. The predicted molar refractivity (Wildman–Crippen MR) is 91.7 cm³/mol. The lowest BCUT2D eigenvalue weighted by Gasteiger charge is -2.20. The molecule has 2 rings (SSSR count). The summed E-state index contributed by atoms with van der Waals surface area (Å²) in [6.45, 7) is 11.1. The van der Waals surface area contributed by atoms with E-state index in [1.165, 1.54) is 22.3 Å². The second-order valence-corrected chi connectivity index (χ2v) is 7.17. The van der Waals surface area contributed by atoms with Gasteiger partial charge in [-0.25, -0.2) is 0 Å². The van der Waals surface area contributed by atoms with Gasteiger partial charge < -0.3 is 5.73 Å². The predicted octanol–water partition coefficient (Wildman–Crippen LogP) is 5.16. The Bertz CT molecular complexity index is 571. The third-order valence-corrected chi connectivity index (χ3v) is 4.10. The fourth-order valence-corrected chi connectivity index (χ4v) is 2.47. The van der Waals surface area contributed by atoms with Crippen LogP contribution in [-0.2, 0) is 5.41 Å². The maximum Gasteiger partial charge on any atom is 0.0551 e. The summed E-state index contributed by atoms with van der Waals surface area (Å²) in [5.74, 6) is 0.557. The number of nitrogens with two attached hydrogens (primary N) is 1. The minimum Gasteiger partial charge on any atom is -0.320 e. The van der Waals surface area contributed by atoms with Crippen molar-refractivity contribution in [3.63, 3.8) is 0 Å². The fourth-order valence-electron chi connectivity index (χ4n) is 2.47. The average Bonchev–Trinajstić information content (AvgIpc) is 2.46. The van der Waals surface area contributed by atoms with Crippen LogP contribution in [0.3, 0.4) is 0 Å². The highest BCUT2D eigenvalue weighted by molar-refractivity contribution is 5.36. The summed E-state index contributed by atoms with van der Waals surface area (Å²) in [6.07, 6.45) is 0. The van der Waals surface area contributed by atoms with Crippen LogP contribution in [0.1, 0.15) is 68.8 Å². The second kappa shape index (κ2) is 6.03. The van der Waals surface area contributed by atoms with Gasteiger partial charge in [0.05, 0.1) is 6.04 Å². The number of hydrogen-bond acceptors (Lipinski definition) is 1. The maximum atomic E-state index is 6.40. The van der Waals surface area contributed by atoms with E-state index in [-0.39, 0.29) is 11.5 Å². The van der Waals surface area contributed by atoms with E-state index in [4.69, 9.17) is 5.73 Å². The Kier molecular flexibility index (Phi) is 4.53. The zero-order valence-electron chi connectivity index (χ0n) is 13.9. The number of benzene rings is 2. The van der Waals surface area contributed by atoms with Gasteiger partial charge in [-0.2, -0.15) is 0 Å². The average molecular weight is 281 g/mol. The molecule has 0 radical (unpaired) electrons. The lowest BCUT2D eigenvalue weighted by Crippen LogP contribution is -2.14. The van der Waals surface area contributed by atoms with Gasteiger partial charge in [0.1, 0.15) is 0 Å². The molecule has 2 aromatic rings. The molecule has 0 aliphatic heterocycles. The van der Waals surface area contributed by atoms with Crippen LogP contribution in [0.4, 0.5) is 0 Å². The molecule has 0 fully saturated rings.